The average Bonchev–Trinajstić information content (AvgIpc) is 3.37. The van der Waals surface area contributed by atoms with Crippen LogP contribution in [0.4, 0.5) is 0 Å². The molecule has 1 aromatic heterocycles. The molecule has 2 aliphatic rings. The number of aryl methyl sites for hydroxylation is 1. The number of nitrogens with zero attached hydrogens (tertiary/aromatic N) is 4. The molecule has 0 saturated carbocycles. The van der Waals surface area contributed by atoms with Gasteiger partial charge in [0, 0.05) is 43.7 Å². The van der Waals surface area contributed by atoms with Crippen molar-refractivity contribution in [3.8, 4) is 22.8 Å². The third-order valence-electron chi connectivity index (χ3n) is 6.71. The van der Waals surface area contributed by atoms with Gasteiger partial charge in [0.25, 0.3) is 5.91 Å². The van der Waals surface area contributed by atoms with Crippen LogP contribution >= 0.6 is 0 Å². The number of hydrogen-bond donors (Lipinski definition) is 0. The molecule has 176 valence electrons. The lowest BCUT2D eigenvalue weighted by molar-refractivity contribution is 0.0630. The van der Waals surface area contributed by atoms with Crippen LogP contribution in [0.15, 0.2) is 66.7 Å². The van der Waals surface area contributed by atoms with Crippen LogP contribution in [0.1, 0.15) is 21.5 Å². The molecule has 0 bridgehead atoms. The molecule has 0 radical (unpaired) electrons. The predicted molar refractivity (Wildman–Crippen MR) is 133 cm³/mol. The van der Waals surface area contributed by atoms with Gasteiger partial charge in [0.05, 0.1) is 11.1 Å². The van der Waals surface area contributed by atoms with E-state index in [1.807, 2.05) is 72.5 Å². The van der Waals surface area contributed by atoms with E-state index in [-0.39, 0.29) is 12.7 Å². The molecule has 1 amide bonds. The molecular weight excluding hydrogens is 440 g/mol. The maximum atomic E-state index is 13.9. The fraction of sp³-hybridized carbons (Fsp3) is 0.250. The smallest absolute Gasteiger partial charge is 0.256 e. The van der Waals surface area contributed by atoms with Crippen LogP contribution < -0.4 is 9.47 Å². The summed E-state index contributed by atoms with van der Waals surface area (Å²) in [7, 11) is 0. The summed E-state index contributed by atoms with van der Waals surface area (Å²) in [5, 5.41) is 9.73. The van der Waals surface area contributed by atoms with Crippen LogP contribution in [0.5, 0.6) is 11.5 Å². The van der Waals surface area contributed by atoms with E-state index in [1.165, 1.54) is 5.56 Å². The molecule has 7 heteroatoms. The lowest BCUT2D eigenvalue weighted by Gasteiger charge is -2.35. The minimum atomic E-state index is 0.00871. The maximum Gasteiger partial charge on any atom is 0.256 e. The van der Waals surface area contributed by atoms with E-state index in [9.17, 15) is 4.79 Å². The molecule has 1 fully saturated rings. The van der Waals surface area contributed by atoms with Crippen molar-refractivity contribution in [1.29, 1.82) is 0 Å². The number of ether oxygens (including phenoxy) is 2. The first kappa shape index (κ1) is 21.6. The van der Waals surface area contributed by atoms with Gasteiger partial charge in [0.15, 0.2) is 11.5 Å². The molecule has 2 aliphatic heterocycles. The fourth-order valence-corrected chi connectivity index (χ4v) is 4.75. The van der Waals surface area contributed by atoms with Crippen LogP contribution in [0, 0.1) is 6.92 Å². The van der Waals surface area contributed by atoms with Crippen molar-refractivity contribution in [3.63, 3.8) is 0 Å². The van der Waals surface area contributed by atoms with Crippen molar-refractivity contribution in [3.05, 3.63) is 83.4 Å². The van der Waals surface area contributed by atoms with Crippen molar-refractivity contribution in [2.45, 2.75) is 13.5 Å². The van der Waals surface area contributed by atoms with E-state index in [4.69, 9.17) is 9.47 Å². The van der Waals surface area contributed by atoms with Crippen molar-refractivity contribution in [2.75, 3.05) is 33.0 Å². The molecule has 4 aromatic rings. The van der Waals surface area contributed by atoms with Crippen molar-refractivity contribution in [2.24, 2.45) is 0 Å². The molecule has 3 aromatic carbocycles. The molecule has 3 heterocycles. The first-order valence-electron chi connectivity index (χ1n) is 11.9. The third-order valence-corrected chi connectivity index (χ3v) is 6.71. The molecule has 7 nitrogen and oxygen atoms in total. The summed E-state index contributed by atoms with van der Waals surface area (Å²) in [5.41, 5.74) is 5.24. The number of amides is 1. The number of carbonyl (C=O) groups excluding carboxylic acids is 1. The monoisotopic (exact) mass is 466 g/mol. The second-order valence-corrected chi connectivity index (χ2v) is 9.06. The van der Waals surface area contributed by atoms with E-state index in [0.29, 0.717) is 24.3 Å². The molecule has 1 saturated heterocycles. The van der Waals surface area contributed by atoms with Gasteiger partial charge in [-0.1, -0.05) is 54.1 Å². The van der Waals surface area contributed by atoms with Gasteiger partial charge in [-0.25, -0.2) is 0 Å². The predicted octanol–water partition coefficient (Wildman–Crippen LogP) is 4.29. The number of piperazine rings is 1. The molecule has 0 N–H and O–H groups in total. The fourth-order valence-electron chi connectivity index (χ4n) is 4.75. The molecule has 6 rings (SSSR count). The first-order valence-corrected chi connectivity index (χ1v) is 11.9. The summed E-state index contributed by atoms with van der Waals surface area (Å²) in [6, 6.07) is 21.9. The molecule has 0 atom stereocenters. The van der Waals surface area contributed by atoms with Gasteiger partial charge < -0.3 is 14.4 Å². The van der Waals surface area contributed by atoms with Gasteiger partial charge in [0.2, 0.25) is 6.79 Å². The Morgan fingerprint density at radius 3 is 2.49 bits per heavy atom. The summed E-state index contributed by atoms with van der Waals surface area (Å²) < 4.78 is 10.9. The zero-order valence-corrected chi connectivity index (χ0v) is 19.6. The Bertz CT molecular complexity index is 1400. The summed E-state index contributed by atoms with van der Waals surface area (Å²) in [6.07, 6.45) is 0. The van der Waals surface area contributed by atoms with Gasteiger partial charge in [-0.2, -0.15) is 0 Å². The highest BCUT2D eigenvalue weighted by atomic mass is 16.7. The minimum Gasteiger partial charge on any atom is -0.454 e. The maximum absolute atomic E-state index is 13.9. The lowest BCUT2D eigenvalue weighted by atomic mass is 9.99. The second kappa shape index (κ2) is 9.00. The van der Waals surface area contributed by atoms with Crippen molar-refractivity contribution in [1.82, 2.24) is 20.0 Å². The average molecular weight is 467 g/mol. The molecule has 35 heavy (non-hydrogen) atoms. The van der Waals surface area contributed by atoms with E-state index in [2.05, 4.69) is 21.2 Å². The van der Waals surface area contributed by atoms with Gasteiger partial charge in [-0.3, -0.25) is 9.69 Å². The Hall–Kier alpha value is -3.97. The summed E-state index contributed by atoms with van der Waals surface area (Å²) in [5.74, 6) is 1.61. The molecular formula is C28H26N4O3. The summed E-state index contributed by atoms with van der Waals surface area (Å²) in [4.78, 5) is 18.2. The molecule has 0 unspecified atom stereocenters. The summed E-state index contributed by atoms with van der Waals surface area (Å²) >= 11 is 0. The normalized spacial score (nSPS) is 15.5. The van der Waals surface area contributed by atoms with Crippen LogP contribution in [-0.4, -0.2) is 58.9 Å². The largest absolute Gasteiger partial charge is 0.454 e. The van der Waals surface area contributed by atoms with Crippen LogP contribution in [0.3, 0.4) is 0 Å². The lowest BCUT2D eigenvalue weighted by Crippen LogP contribution is -2.48. The van der Waals surface area contributed by atoms with Gasteiger partial charge in [-0.15, -0.1) is 10.2 Å². The summed E-state index contributed by atoms with van der Waals surface area (Å²) in [6.45, 7) is 6.06. The first-order chi connectivity index (χ1) is 17.2. The van der Waals surface area contributed by atoms with E-state index in [1.54, 1.807) is 0 Å². The third kappa shape index (κ3) is 4.19. The van der Waals surface area contributed by atoms with Gasteiger partial charge >= 0.3 is 0 Å². The SMILES string of the molecule is Cc1ccc(-c2nnc3ccccc3c2C(=O)N2CCN(Cc3ccc4c(c3)OCO4)CC2)cc1. The van der Waals surface area contributed by atoms with E-state index in [0.717, 1.165) is 53.2 Å². The van der Waals surface area contributed by atoms with Crippen LogP contribution in [0.2, 0.25) is 0 Å². The van der Waals surface area contributed by atoms with E-state index >= 15 is 0 Å². The number of fused-ring (bicyclic) bond motifs is 2. The topological polar surface area (TPSA) is 67.8 Å². The van der Waals surface area contributed by atoms with E-state index < -0.39 is 0 Å². The zero-order valence-electron chi connectivity index (χ0n) is 19.6. The second-order valence-electron chi connectivity index (χ2n) is 9.06. The number of aromatic nitrogens is 2. The van der Waals surface area contributed by atoms with Gasteiger partial charge in [-0.05, 0) is 30.7 Å². The Kier molecular flexibility index (Phi) is 5.54. The minimum absolute atomic E-state index is 0.00871. The highest BCUT2D eigenvalue weighted by Crippen LogP contribution is 2.33. The highest BCUT2D eigenvalue weighted by Gasteiger charge is 2.27. The Morgan fingerprint density at radius 1 is 0.886 bits per heavy atom. The van der Waals surface area contributed by atoms with Crippen molar-refractivity contribution < 1.29 is 14.3 Å². The van der Waals surface area contributed by atoms with Crippen molar-refractivity contribution >= 4 is 16.8 Å². The number of rotatable bonds is 4. The number of carbonyl (C=O) groups is 1. The Balaban J connectivity index is 1.23. The van der Waals surface area contributed by atoms with Gasteiger partial charge in [0.1, 0.15) is 5.69 Å². The van der Waals surface area contributed by atoms with Crippen LogP contribution in [0.25, 0.3) is 22.2 Å². The molecule has 0 aliphatic carbocycles. The molecule has 0 spiro atoms. The number of hydrogen-bond acceptors (Lipinski definition) is 6. The standard InChI is InChI=1S/C28H26N4O3/c1-19-6-9-21(10-7-19)27-26(22-4-2-3-5-23(22)29-30-27)28(33)32-14-12-31(13-15-32)17-20-8-11-24-25(16-20)35-18-34-24/h2-11,16H,12-15,17-18H2,1H3. The highest BCUT2D eigenvalue weighted by molar-refractivity contribution is 6.10. The number of benzene rings is 3. The van der Waals surface area contributed by atoms with Crippen LogP contribution in [-0.2, 0) is 6.54 Å². The Labute approximate surface area is 203 Å². The Morgan fingerprint density at radius 2 is 1.66 bits per heavy atom. The zero-order chi connectivity index (χ0) is 23.8. The quantitative estimate of drug-likeness (QED) is 0.447.